The van der Waals surface area contributed by atoms with Gasteiger partial charge in [0.05, 0.1) is 26.3 Å². The Kier molecular flexibility index (Phi) is 8.83. The fourth-order valence-electron chi connectivity index (χ4n) is 3.79. The molecule has 1 aliphatic rings. The van der Waals surface area contributed by atoms with Gasteiger partial charge in [-0.2, -0.15) is 0 Å². The number of rotatable bonds is 8. The van der Waals surface area contributed by atoms with Crippen LogP contribution in [0.1, 0.15) is 28.8 Å². The molecular formula is C25H31N3O5. The number of nitrogens with one attached hydrogen (secondary N) is 1. The maximum absolute atomic E-state index is 12.7. The van der Waals surface area contributed by atoms with Gasteiger partial charge in [-0.25, -0.2) is 4.79 Å². The van der Waals surface area contributed by atoms with Crippen molar-refractivity contribution in [2.24, 2.45) is 0 Å². The fraction of sp³-hybridized carbons (Fsp3) is 0.400. The molecule has 8 nitrogen and oxygen atoms in total. The van der Waals surface area contributed by atoms with Crippen molar-refractivity contribution in [3.05, 3.63) is 59.7 Å². The standard InChI is InChI=1S/C25H31N3O5/c1-32-22-11-4-19(5-12-22)6-13-24(30)28-15-3-14-27(16-17-28)18-23(29)26-21-9-7-20(8-10-21)25(31)33-2/h4-5,7-12H,3,6,13-18H2,1-2H3,(H,26,29). The summed E-state index contributed by atoms with van der Waals surface area (Å²) in [5.74, 6) is 0.406. The second-order valence-corrected chi connectivity index (χ2v) is 7.98. The van der Waals surface area contributed by atoms with E-state index in [4.69, 9.17) is 4.74 Å². The van der Waals surface area contributed by atoms with Crippen molar-refractivity contribution in [1.29, 1.82) is 0 Å². The van der Waals surface area contributed by atoms with Gasteiger partial charge in [0.25, 0.3) is 0 Å². The third-order valence-electron chi connectivity index (χ3n) is 5.68. The quantitative estimate of drug-likeness (QED) is 0.618. The van der Waals surface area contributed by atoms with Crippen LogP contribution in [-0.4, -0.2) is 74.5 Å². The molecule has 176 valence electrons. The number of carbonyl (C=O) groups is 3. The highest BCUT2D eigenvalue weighted by Crippen LogP contribution is 2.14. The zero-order valence-corrected chi connectivity index (χ0v) is 19.2. The number of methoxy groups -OCH3 is 2. The van der Waals surface area contributed by atoms with E-state index in [1.54, 1.807) is 31.4 Å². The first-order chi connectivity index (χ1) is 16.0. The molecule has 0 spiro atoms. The van der Waals surface area contributed by atoms with Gasteiger partial charge in [-0.05, 0) is 54.8 Å². The molecule has 2 amide bonds. The van der Waals surface area contributed by atoms with Gasteiger partial charge in [-0.1, -0.05) is 12.1 Å². The number of aryl methyl sites for hydroxylation is 1. The molecule has 1 N–H and O–H groups in total. The van der Waals surface area contributed by atoms with Crippen LogP contribution in [0.4, 0.5) is 5.69 Å². The summed E-state index contributed by atoms with van der Waals surface area (Å²) >= 11 is 0. The highest BCUT2D eigenvalue weighted by molar-refractivity contribution is 5.94. The highest BCUT2D eigenvalue weighted by Gasteiger charge is 2.20. The monoisotopic (exact) mass is 453 g/mol. The van der Waals surface area contributed by atoms with Gasteiger partial charge in [0.15, 0.2) is 0 Å². The predicted octanol–water partition coefficient (Wildman–Crippen LogP) is 2.59. The first-order valence-corrected chi connectivity index (χ1v) is 11.1. The topological polar surface area (TPSA) is 88.2 Å². The number of hydrogen-bond donors (Lipinski definition) is 1. The third kappa shape index (κ3) is 7.32. The minimum Gasteiger partial charge on any atom is -0.497 e. The number of carbonyl (C=O) groups excluding carboxylic acids is 3. The van der Waals surface area contributed by atoms with Gasteiger partial charge < -0.3 is 19.7 Å². The number of nitrogens with zero attached hydrogens (tertiary/aromatic N) is 2. The Morgan fingerprint density at radius 3 is 2.30 bits per heavy atom. The lowest BCUT2D eigenvalue weighted by Crippen LogP contribution is -2.38. The first kappa shape index (κ1) is 24.3. The van der Waals surface area contributed by atoms with Crippen molar-refractivity contribution >= 4 is 23.5 Å². The van der Waals surface area contributed by atoms with Crippen LogP contribution < -0.4 is 10.1 Å². The van der Waals surface area contributed by atoms with Crippen LogP contribution in [0.25, 0.3) is 0 Å². The fourth-order valence-corrected chi connectivity index (χ4v) is 3.79. The van der Waals surface area contributed by atoms with Gasteiger partial charge in [0.2, 0.25) is 11.8 Å². The lowest BCUT2D eigenvalue weighted by molar-refractivity contribution is -0.131. The third-order valence-corrected chi connectivity index (χ3v) is 5.68. The first-order valence-electron chi connectivity index (χ1n) is 11.1. The second kappa shape index (κ2) is 12.0. The SMILES string of the molecule is COC(=O)c1ccc(NC(=O)CN2CCCN(C(=O)CCc3ccc(OC)cc3)CC2)cc1. The summed E-state index contributed by atoms with van der Waals surface area (Å²) in [6.07, 6.45) is 1.99. The molecule has 8 heteroatoms. The molecule has 0 unspecified atom stereocenters. The van der Waals surface area contributed by atoms with Crippen molar-refractivity contribution in [3.63, 3.8) is 0 Å². The van der Waals surface area contributed by atoms with E-state index in [1.807, 2.05) is 29.2 Å². The van der Waals surface area contributed by atoms with Crippen molar-refractivity contribution < 1.29 is 23.9 Å². The maximum atomic E-state index is 12.7. The van der Waals surface area contributed by atoms with Gasteiger partial charge in [0, 0.05) is 38.3 Å². The molecular weight excluding hydrogens is 422 g/mol. The molecule has 0 aliphatic carbocycles. The lowest BCUT2D eigenvalue weighted by atomic mass is 10.1. The normalized spacial score (nSPS) is 14.3. The molecule has 1 aliphatic heterocycles. The Labute approximate surface area is 194 Å². The van der Waals surface area contributed by atoms with Crippen molar-refractivity contribution in [3.8, 4) is 5.75 Å². The molecule has 33 heavy (non-hydrogen) atoms. The molecule has 1 saturated heterocycles. The number of amides is 2. The summed E-state index contributed by atoms with van der Waals surface area (Å²) in [7, 11) is 2.96. The van der Waals surface area contributed by atoms with Crippen LogP contribution in [0.3, 0.4) is 0 Å². The minimum atomic E-state index is -0.416. The number of hydrogen-bond acceptors (Lipinski definition) is 6. The van der Waals surface area contributed by atoms with Crippen molar-refractivity contribution in [1.82, 2.24) is 9.80 Å². The molecule has 0 atom stereocenters. The molecule has 0 bridgehead atoms. The summed E-state index contributed by atoms with van der Waals surface area (Å²) < 4.78 is 9.84. The Morgan fingerprint density at radius 2 is 1.64 bits per heavy atom. The predicted molar refractivity (Wildman–Crippen MR) is 125 cm³/mol. The average molecular weight is 454 g/mol. The van der Waals surface area contributed by atoms with Crippen LogP contribution in [0, 0.1) is 0 Å². The second-order valence-electron chi connectivity index (χ2n) is 7.98. The number of esters is 1. The summed E-state index contributed by atoms with van der Waals surface area (Å²) in [5, 5.41) is 2.85. The molecule has 1 heterocycles. The summed E-state index contributed by atoms with van der Waals surface area (Å²) in [6, 6.07) is 14.4. The molecule has 2 aromatic carbocycles. The molecule has 0 radical (unpaired) electrons. The Bertz CT molecular complexity index is 944. The zero-order valence-electron chi connectivity index (χ0n) is 19.2. The highest BCUT2D eigenvalue weighted by atomic mass is 16.5. The van der Waals surface area contributed by atoms with E-state index in [2.05, 4.69) is 15.0 Å². The summed E-state index contributed by atoms with van der Waals surface area (Å²) in [6.45, 7) is 2.99. The van der Waals surface area contributed by atoms with Gasteiger partial charge in [-0.15, -0.1) is 0 Å². The van der Waals surface area contributed by atoms with Crippen LogP contribution in [0.15, 0.2) is 48.5 Å². The van der Waals surface area contributed by atoms with E-state index in [0.717, 1.165) is 24.3 Å². The molecule has 1 fully saturated rings. The van der Waals surface area contributed by atoms with Crippen molar-refractivity contribution in [2.45, 2.75) is 19.3 Å². The smallest absolute Gasteiger partial charge is 0.337 e. The van der Waals surface area contributed by atoms with Gasteiger partial charge in [0.1, 0.15) is 5.75 Å². The molecule has 0 aromatic heterocycles. The lowest BCUT2D eigenvalue weighted by Gasteiger charge is -2.22. The van der Waals surface area contributed by atoms with Crippen molar-refractivity contribution in [2.75, 3.05) is 52.3 Å². The average Bonchev–Trinajstić information content (AvgIpc) is 3.08. The number of ether oxygens (including phenoxy) is 2. The summed E-state index contributed by atoms with van der Waals surface area (Å²) in [5.41, 5.74) is 2.16. The maximum Gasteiger partial charge on any atom is 0.337 e. The number of anilines is 1. The van der Waals surface area contributed by atoms with Crippen LogP contribution in [0.5, 0.6) is 5.75 Å². The molecule has 0 saturated carbocycles. The van der Waals surface area contributed by atoms with Crippen LogP contribution in [0.2, 0.25) is 0 Å². The van der Waals surface area contributed by atoms with E-state index < -0.39 is 5.97 Å². The van der Waals surface area contributed by atoms with E-state index in [-0.39, 0.29) is 18.4 Å². The van der Waals surface area contributed by atoms with Crippen LogP contribution in [-0.2, 0) is 20.7 Å². The Hall–Kier alpha value is -3.39. The van der Waals surface area contributed by atoms with E-state index in [9.17, 15) is 14.4 Å². The van der Waals surface area contributed by atoms with E-state index >= 15 is 0 Å². The van der Waals surface area contributed by atoms with E-state index in [1.165, 1.54) is 7.11 Å². The molecule has 3 rings (SSSR count). The number of benzene rings is 2. The minimum absolute atomic E-state index is 0.125. The Morgan fingerprint density at radius 1 is 0.909 bits per heavy atom. The van der Waals surface area contributed by atoms with E-state index in [0.29, 0.717) is 43.7 Å². The zero-order chi connectivity index (χ0) is 23.6. The largest absolute Gasteiger partial charge is 0.497 e. The summed E-state index contributed by atoms with van der Waals surface area (Å²) in [4.78, 5) is 40.6. The van der Waals surface area contributed by atoms with Gasteiger partial charge in [-0.3, -0.25) is 14.5 Å². The van der Waals surface area contributed by atoms with Crippen LogP contribution >= 0.6 is 0 Å². The Balaban J connectivity index is 1.42. The molecule has 2 aromatic rings. The van der Waals surface area contributed by atoms with Gasteiger partial charge >= 0.3 is 5.97 Å².